The summed E-state index contributed by atoms with van der Waals surface area (Å²) < 4.78 is 0. The Labute approximate surface area is 167 Å². The first kappa shape index (κ1) is 17.1. The third kappa shape index (κ3) is 1.87. The van der Waals surface area contributed by atoms with Crippen LogP contribution in [0.5, 0.6) is 0 Å². The molecule has 0 saturated carbocycles. The number of ketones is 1. The van der Waals surface area contributed by atoms with Crippen molar-refractivity contribution in [2.45, 2.75) is 11.4 Å². The van der Waals surface area contributed by atoms with Crippen molar-refractivity contribution in [2.24, 2.45) is 0 Å². The highest BCUT2D eigenvalue weighted by Gasteiger charge is 2.75. The van der Waals surface area contributed by atoms with Crippen LogP contribution in [-0.2, 0) is 5.72 Å². The maximum Gasteiger partial charge on any atom is 0.263 e. The number of rotatable bonds is 2. The summed E-state index contributed by atoms with van der Waals surface area (Å²) in [6.07, 6.45) is 0. The highest BCUT2D eigenvalue weighted by molar-refractivity contribution is 7.80. The van der Waals surface area contributed by atoms with Crippen LogP contribution < -0.4 is 9.80 Å². The van der Waals surface area contributed by atoms with E-state index in [0.29, 0.717) is 16.9 Å². The number of anilines is 2. The Morgan fingerprint density at radius 3 is 1.71 bits per heavy atom. The zero-order chi connectivity index (χ0) is 19.5. The second-order valence-corrected chi connectivity index (χ2v) is 7.21. The van der Waals surface area contributed by atoms with Crippen LogP contribution in [0.4, 0.5) is 11.4 Å². The molecule has 3 aromatic carbocycles. The monoisotopic (exact) mass is 388 g/mol. The number of para-hydroxylation sites is 2. The molecule has 0 spiro atoms. The molecule has 28 heavy (non-hydrogen) atoms. The number of nitrogens with zero attached hydrogens (tertiary/aromatic N) is 2. The molecule has 2 atom stereocenters. The van der Waals surface area contributed by atoms with Crippen molar-refractivity contribution < 1.29 is 15.0 Å². The van der Waals surface area contributed by atoms with Crippen LogP contribution in [0.15, 0.2) is 84.9 Å². The minimum Gasteiger partial charge on any atom is -0.362 e. The molecule has 1 fully saturated rings. The minimum absolute atomic E-state index is 0.144. The molecule has 5 nitrogen and oxygen atoms in total. The molecule has 0 amide bonds. The molecule has 1 aliphatic carbocycles. The fourth-order valence-electron chi connectivity index (χ4n) is 4.18. The first-order valence-corrected chi connectivity index (χ1v) is 9.25. The van der Waals surface area contributed by atoms with Crippen LogP contribution in [0.3, 0.4) is 0 Å². The molecule has 0 bridgehead atoms. The lowest BCUT2D eigenvalue weighted by Crippen LogP contribution is -2.60. The van der Waals surface area contributed by atoms with E-state index >= 15 is 0 Å². The summed E-state index contributed by atoms with van der Waals surface area (Å²) >= 11 is 5.69. The van der Waals surface area contributed by atoms with Gasteiger partial charge in [0.1, 0.15) is 0 Å². The second-order valence-electron chi connectivity index (χ2n) is 6.84. The summed E-state index contributed by atoms with van der Waals surface area (Å²) in [5, 5.41) is 23.9. The minimum atomic E-state index is -2.29. The zero-order valence-electron chi connectivity index (χ0n) is 14.7. The molecule has 1 aliphatic heterocycles. The average molecular weight is 388 g/mol. The molecule has 0 radical (unpaired) electrons. The number of carbonyl (C=O) groups excluding carboxylic acids is 1. The Hall–Kier alpha value is -3.06. The van der Waals surface area contributed by atoms with Gasteiger partial charge in [0.2, 0.25) is 11.5 Å². The largest absolute Gasteiger partial charge is 0.362 e. The van der Waals surface area contributed by atoms with Gasteiger partial charge in [0.25, 0.3) is 5.72 Å². The molecule has 5 rings (SSSR count). The highest BCUT2D eigenvalue weighted by Crippen LogP contribution is 2.55. The molecular weight excluding hydrogens is 372 g/mol. The standard InChI is InChI=1S/C22H16N2O3S/c25-19-17-13-7-8-14-18(17)21(26)22(19,27)24(16-11-5-2-6-12-16)20(28)23(21)15-9-3-1-4-10-15/h1-14,26-27H/t21-,22-/m0/s1. The zero-order valence-corrected chi connectivity index (χ0v) is 15.5. The Kier molecular flexibility index (Phi) is 3.49. The highest BCUT2D eigenvalue weighted by atomic mass is 32.1. The van der Waals surface area contributed by atoms with Gasteiger partial charge in [0, 0.05) is 22.5 Å². The summed E-state index contributed by atoms with van der Waals surface area (Å²) in [5.41, 5.74) is -2.65. The van der Waals surface area contributed by atoms with E-state index < -0.39 is 17.2 Å². The van der Waals surface area contributed by atoms with E-state index in [1.165, 1.54) is 9.80 Å². The van der Waals surface area contributed by atoms with Gasteiger partial charge in [-0.1, -0.05) is 60.7 Å². The number of benzene rings is 3. The molecule has 2 aliphatic rings. The van der Waals surface area contributed by atoms with E-state index in [9.17, 15) is 15.0 Å². The summed E-state index contributed by atoms with van der Waals surface area (Å²) in [6.45, 7) is 0. The number of aliphatic hydroxyl groups is 2. The summed E-state index contributed by atoms with van der Waals surface area (Å²) in [6, 6.07) is 24.6. The van der Waals surface area contributed by atoms with Crippen LogP contribution in [-0.4, -0.2) is 26.8 Å². The van der Waals surface area contributed by atoms with E-state index in [4.69, 9.17) is 12.2 Å². The summed E-state index contributed by atoms with van der Waals surface area (Å²) in [7, 11) is 0. The molecule has 0 aromatic heterocycles. The van der Waals surface area contributed by atoms with Crippen LogP contribution in [0.1, 0.15) is 15.9 Å². The van der Waals surface area contributed by atoms with Crippen LogP contribution in [0, 0.1) is 0 Å². The van der Waals surface area contributed by atoms with Crippen molar-refractivity contribution in [1.82, 2.24) is 0 Å². The van der Waals surface area contributed by atoms with Gasteiger partial charge in [-0.05, 0) is 36.5 Å². The lowest BCUT2D eigenvalue weighted by Gasteiger charge is -2.37. The lowest BCUT2D eigenvalue weighted by atomic mass is 9.97. The van der Waals surface area contributed by atoms with Gasteiger partial charge in [0.15, 0.2) is 5.11 Å². The number of thiocarbonyl (C=S) groups is 1. The van der Waals surface area contributed by atoms with Crippen molar-refractivity contribution in [1.29, 1.82) is 0 Å². The third-order valence-corrected chi connectivity index (χ3v) is 5.77. The topological polar surface area (TPSA) is 64.0 Å². The summed E-state index contributed by atoms with van der Waals surface area (Å²) in [4.78, 5) is 16.2. The Balaban J connectivity index is 1.84. The number of carbonyl (C=O) groups is 1. The number of hydrogen-bond acceptors (Lipinski definition) is 4. The molecular formula is C22H16N2O3S. The van der Waals surface area contributed by atoms with E-state index in [0.717, 1.165) is 0 Å². The Bertz CT molecular complexity index is 1110. The predicted octanol–water partition coefficient (Wildman–Crippen LogP) is 3.03. The normalized spacial score (nSPS) is 25.8. The number of fused-ring (bicyclic) bond motifs is 3. The predicted molar refractivity (Wildman–Crippen MR) is 110 cm³/mol. The Morgan fingerprint density at radius 1 is 0.679 bits per heavy atom. The van der Waals surface area contributed by atoms with Gasteiger partial charge in [-0.15, -0.1) is 0 Å². The molecule has 1 saturated heterocycles. The molecule has 0 unspecified atom stereocenters. The van der Waals surface area contributed by atoms with Crippen molar-refractivity contribution >= 4 is 34.5 Å². The van der Waals surface area contributed by atoms with Gasteiger partial charge < -0.3 is 10.2 Å². The number of hydrogen-bond donors (Lipinski definition) is 2. The molecule has 3 aromatic rings. The van der Waals surface area contributed by atoms with Crippen LogP contribution in [0.25, 0.3) is 0 Å². The second kappa shape index (κ2) is 5.72. The maximum absolute atomic E-state index is 13.4. The van der Waals surface area contributed by atoms with Crippen LogP contribution in [0.2, 0.25) is 0 Å². The van der Waals surface area contributed by atoms with Gasteiger partial charge >= 0.3 is 0 Å². The van der Waals surface area contributed by atoms with E-state index in [-0.39, 0.29) is 10.7 Å². The van der Waals surface area contributed by atoms with Gasteiger partial charge in [-0.25, -0.2) is 0 Å². The smallest absolute Gasteiger partial charge is 0.263 e. The van der Waals surface area contributed by atoms with Crippen molar-refractivity contribution in [2.75, 3.05) is 9.80 Å². The van der Waals surface area contributed by atoms with Crippen molar-refractivity contribution in [3.63, 3.8) is 0 Å². The van der Waals surface area contributed by atoms with Crippen molar-refractivity contribution in [3.8, 4) is 0 Å². The SMILES string of the molecule is O=C1c2ccccc2[C@@]2(O)N(c3ccccc3)C(=S)N(c3ccccc3)[C@]12O. The molecule has 6 heteroatoms. The fourth-order valence-corrected chi connectivity index (χ4v) is 4.65. The quantitative estimate of drug-likeness (QED) is 0.658. The fraction of sp³-hybridized carbons (Fsp3) is 0.0909. The van der Waals surface area contributed by atoms with Gasteiger partial charge in [-0.3, -0.25) is 14.6 Å². The molecule has 138 valence electrons. The Morgan fingerprint density at radius 2 is 1.14 bits per heavy atom. The first-order chi connectivity index (χ1) is 13.5. The van der Waals surface area contributed by atoms with Gasteiger partial charge in [-0.2, -0.15) is 0 Å². The lowest BCUT2D eigenvalue weighted by molar-refractivity contribution is -0.0981. The van der Waals surface area contributed by atoms with Crippen molar-refractivity contribution in [3.05, 3.63) is 96.1 Å². The first-order valence-electron chi connectivity index (χ1n) is 8.85. The number of Topliss-reactive ketones (excluding diaryl/α,β-unsaturated/α-hetero) is 1. The maximum atomic E-state index is 13.4. The van der Waals surface area contributed by atoms with E-state index in [1.54, 1.807) is 60.7 Å². The third-order valence-electron chi connectivity index (χ3n) is 5.41. The molecule has 2 N–H and O–H groups in total. The average Bonchev–Trinajstić information content (AvgIpc) is 3.02. The summed E-state index contributed by atoms with van der Waals surface area (Å²) in [5.74, 6) is -0.588. The van der Waals surface area contributed by atoms with Gasteiger partial charge in [0.05, 0.1) is 0 Å². The molecule has 1 heterocycles. The van der Waals surface area contributed by atoms with Crippen LogP contribution >= 0.6 is 12.2 Å². The van der Waals surface area contributed by atoms with E-state index in [1.807, 2.05) is 24.3 Å². The van der Waals surface area contributed by atoms with E-state index in [2.05, 4.69) is 0 Å².